The second kappa shape index (κ2) is 11.6. The van der Waals surface area contributed by atoms with Gasteiger partial charge in [0.15, 0.2) is 5.82 Å². The fraction of sp³-hybridized carbons (Fsp3) is 0. The average molecular weight is 579 g/mol. The zero-order chi connectivity index (χ0) is 20.4. The van der Waals surface area contributed by atoms with Crippen LogP contribution in [0.4, 0.5) is 0 Å². The van der Waals surface area contributed by atoms with Gasteiger partial charge in [-0.2, -0.15) is 0 Å². The van der Waals surface area contributed by atoms with E-state index < -0.39 is 0 Å². The smallest absolute Gasteiger partial charge is 0.158 e. The van der Waals surface area contributed by atoms with E-state index in [4.69, 9.17) is 0 Å². The van der Waals surface area contributed by atoms with Crippen molar-refractivity contribution in [3.8, 4) is 33.9 Å². The van der Waals surface area contributed by atoms with Crippen LogP contribution >= 0.6 is 0 Å². The van der Waals surface area contributed by atoms with Gasteiger partial charge in [-0.05, 0) is 29.6 Å². The number of pyridine rings is 2. The van der Waals surface area contributed by atoms with Gasteiger partial charge in [0.05, 0.1) is 0 Å². The maximum atomic E-state index is 4.35. The second-order valence-electron chi connectivity index (χ2n) is 6.27. The van der Waals surface area contributed by atoms with E-state index in [-0.39, 0.29) is 20.1 Å². The summed E-state index contributed by atoms with van der Waals surface area (Å²) in [5.41, 5.74) is 4.81. The number of nitrogens with zero attached hydrogens (tertiary/aromatic N) is 4. The summed E-state index contributed by atoms with van der Waals surface area (Å²) in [5, 5.41) is 0. The molecule has 3 aromatic heterocycles. The molecule has 0 saturated carbocycles. The molecule has 0 amide bonds. The molecular weight excluding hydrogens is 561 g/mol. The Bertz CT molecular complexity index is 1080. The molecule has 0 aliphatic rings. The van der Waals surface area contributed by atoms with Gasteiger partial charge in [0.1, 0.15) is 0 Å². The maximum absolute atomic E-state index is 4.35. The van der Waals surface area contributed by atoms with Gasteiger partial charge >= 0.3 is 0 Å². The Hall–Kier alpha value is -3.53. The van der Waals surface area contributed by atoms with E-state index in [1.165, 1.54) is 0 Å². The molecule has 3 heterocycles. The van der Waals surface area contributed by atoms with Crippen molar-refractivity contribution in [2.45, 2.75) is 0 Å². The van der Waals surface area contributed by atoms with E-state index in [1.807, 2.05) is 78.9 Å². The van der Waals surface area contributed by atoms with Gasteiger partial charge < -0.3 is 9.97 Å². The van der Waals surface area contributed by atoms with Crippen molar-refractivity contribution in [2.75, 3.05) is 0 Å². The van der Waals surface area contributed by atoms with Crippen LogP contribution in [0.2, 0.25) is 0 Å². The molecule has 0 aliphatic carbocycles. The van der Waals surface area contributed by atoms with E-state index >= 15 is 0 Å². The summed E-state index contributed by atoms with van der Waals surface area (Å²) in [6, 6.07) is 33.4. The van der Waals surface area contributed by atoms with Crippen LogP contribution < -0.4 is 0 Å². The second-order valence-corrected chi connectivity index (χ2v) is 6.27. The number of rotatable bonds is 3. The molecule has 5 rings (SSSR count). The summed E-state index contributed by atoms with van der Waals surface area (Å²) in [6.07, 6.45) is 7.02. The van der Waals surface area contributed by atoms with E-state index in [0.29, 0.717) is 5.82 Å². The first kappa shape index (κ1) is 22.2. The molecule has 4 nitrogen and oxygen atoms in total. The number of aromatic nitrogens is 4. The van der Waals surface area contributed by atoms with Gasteiger partial charge in [0.2, 0.25) is 0 Å². The van der Waals surface area contributed by atoms with Gasteiger partial charge in [-0.25, -0.2) is 9.97 Å². The topological polar surface area (TPSA) is 51.6 Å². The van der Waals surface area contributed by atoms with Crippen molar-refractivity contribution < 1.29 is 20.1 Å². The van der Waals surface area contributed by atoms with Crippen LogP contribution in [-0.4, -0.2) is 19.9 Å². The summed E-state index contributed by atoms with van der Waals surface area (Å²) < 4.78 is 0. The molecule has 153 valence electrons. The molecule has 0 bridgehead atoms. The summed E-state index contributed by atoms with van der Waals surface area (Å²) in [5.74, 6) is 0.706. The van der Waals surface area contributed by atoms with E-state index in [2.05, 4.69) is 32.1 Å². The summed E-state index contributed by atoms with van der Waals surface area (Å²) in [7, 11) is 0. The molecule has 5 heteroatoms. The molecule has 2 aromatic carbocycles. The van der Waals surface area contributed by atoms with Crippen molar-refractivity contribution in [3.05, 3.63) is 122 Å². The molecule has 0 aliphatic heterocycles. The Labute approximate surface area is 195 Å². The standard InChI is InChI=1S/C15H10N3.C11H8N.Ir/c1-2-5-12(6-3-1)14-11-13(7-10-16-14)15-17-8-4-9-18-15;1-2-6-10(7-3-1)11-8-4-5-9-12-11;/h1-5,7-11H;1-6,8-9H;/q2*-1;. The summed E-state index contributed by atoms with van der Waals surface area (Å²) in [6.45, 7) is 0. The molecule has 5 aromatic rings. The van der Waals surface area contributed by atoms with Crippen molar-refractivity contribution in [2.24, 2.45) is 0 Å². The summed E-state index contributed by atoms with van der Waals surface area (Å²) >= 11 is 0. The number of hydrogen-bond donors (Lipinski definition) is 0. The van der Waals surface area contributed by atoms with Crippen molar-refractivity contribution in [3.63, 3.8) is 0 Å². The molecule has 0 N–H and O–H groups in total. The Morgan fingerprint density at radius 1 is 0.516 bits per heavy atom. The first-order chi connectivity index (χ1) is 14.9. The first-order valence-electron chi connectivity index (χ1n) is 9.49. The van der Waals surface area contributed by atoms with E-state index in [0.717, 1.165) is 28.1 Å². The monoisotopic (exact) mass is 579 g/mol. The largest absolute Gasteiger partial charge is 0.305 e. The van der Waals surface area contributed by atoms with Crippen LogP contribution in [0.15, 0.2) is 110 Å². The van der Waals surface area contributed by atoms with Gasteiger partial charge in [-0.1, -0.05) is 18.2 Å². The Morgan fingerprint density at radius 2 is 1.13 bits per heavy atom. The van der Waals surface area contributed by atoms with E-state index in [1.54, 1.807) is 30.9 Å². The number of hydrogen-bond acceptors (Lipinski definition) is 4. The summed E-state index contributed by atoms with van der Waals surface area (Å²) in [4.78, 5) is 17.0. The molecule has 31 heavy (non-hydrogen) atoms. The minimum Gasteiger partial charge on any atom is -0.305 e. The van der Waals surface area contributed by atoms with E-state index in [9.17, 15) is 0 Å². The zero-order valence-corrected chi connectivity index (χ0v) is 18.9. The molecule has 0 saturated heterocycles. The average Bonchev–Trinajstić information content (AvgIpc) is 2.87. The van der Waals surface area contributed by atoms with Gasteiger partial charge in [0.25, 0.3) is 0 Å². The Morgan fingerprint density at radius 3 is 1.74 bits per heavy atom. The predicted molar refractivity (Wildman–Crippen MR) is 118 cm³/mol. The van der Waals surface area contributed by atoms with Crippen molar-refractivity contribution >= 4 is 0 Å². The third-order valence-electron chi connectivity index (χ3n) is 4.22. The quantitative estimate of drug-likeness (QED) is 0.264. The van der Waals surface area contributed by atoms with Crippen LogP contribution in [0.5, 0.6) is 0 Å². The first-order valence-corrected chi connectivity index (χ1v) is 9.49. The van der Waals surface area contributed by atoms with Crippen LogP contribution in [0.25, 0.3) is 33.9 Å². The molecule has 0 unspecified atom stereocenters. The predicted octanol–water partition coefficient (Wildman–Crippen LogP) is 5.55. The van der Waals surface area contributed by atoms with Crippen LogP contribution in [0.1, 0.15) is 0 Å². The maximum Gasteiger partial charge on any atom is 0.158 e. The Balaban J connectivity index is 0.000000183. The Kier molecular flexibility index (Phi) is 8.29. The third-order valence-corrected chi connectivity index (χ3v) is 4.22. The van der Waals surface area contributed by atoms with Crippen molar-refractivity contribution in [1.29, 1.82) is 0 Å². The van der Waals surface area contributed by atoms with Crippen LogP contribution in [-0.2, 0) is 20.1 Å². The molecule has 1 radical (unpaired) electrons. The van der Waals surface area contributed by atoms with Crippen LogP contribution in [0.3, 0.4) is 0 Å². The van der Waals surface area contributed by atoms with Crippen molar-refractivity contribution in [1.82, 2.24) is 19.9 Å². The molecule has 0 spiro atoms. The fourth-order valence-corrected chi connectivity index (χ4v) is 2.79. The zero-order valence-electron chi connectivity index (χ0n) is 16.5. The SMILES string of the molecule is [Ir].[c-]1ccccc1-c1cc(-c2ncccn2)ccn1.[c-]1ccccc1-c1ccccn1. The van der Waals surface area contributed by atoms with Crippen LogP contribution in [0, 0.1) is 12.1 Å². The van der Waals surface area contributed by atoms with Gasteiger partial charge in [-0.15, -0.1) is 71.8 Å². The minimum absolute atomic E-state index is 0. The minimum atomic E-state index is 0. The fourth-order valence-electron chi connectivity index (χ4n) is 2.79. The third kappa shape index (κ3) is 6.22. The normalized spacial score (nSPS) is 9.68. The molecular formula is C26H18IrN4-2. The van der Waals surface area contributed by atoms with Gasteiger partial charge in [0, 0.05) is 50.5 Å². The van der Waals surface area contributed by atoms with Gasteiger partial charge in [-0.3, -0.25) is 0 Å². The number of benzene rings is 2. The molecule has 0 atom stereocenters. The molecule has 0 fully saturated rings.